The summed E-state index contributed by atoms with van der Waals surface area (Å²) >= 11 is 0. The van der Waals surface area contributed by atoms with Crippen molar-refractivity contribution in [3.63, 3.8) is 0 Å². The Balaban J connectivity index is 2.04. The fourth-order valence-electron chi connectivity index (χ4n) is 2.29. The van der Waals surface area contributed by atoms with Crippen LogP contribution in [0.2, 0.25) is 0 Å². The highest BCUT2D eigenvalue weighted by Gasteiger charge is 2.26. The van der Waals surface area contributed by atoms with Gasteiger partial charge in [0.1, 0.15) is 0 Å². The third-order valence-electron chi connectivity index (χ3n) is 3.31. The largest absolute Gasteiger partial charge is 0.379 e. The molecule has 102 valence electrons. The molecule has 1 rings (SSSR count). The molecule has 0 aromatic rings. The van der Waals surface area contributed by atoms with Crippen molar-refractivity contribution in [3.8, 4) is 0 Å². The first-order valence-electron chi connectivity index (χ1n) is 7.07. The highest BCUT2D eigenvalue weighted by molar-refractivity contribution is 4.85. The molecule has 0 bridgehead atoms. The van der Waals surface area contributed by atoms with Crippen LogP contribution in [0.5, 0.6) is 0 Å². The van der Waals surface area contributed by atoms with E-state index in [0.29, 0.717) is 25.7 Å². The van der Waals surface area contributed by atoms with Gasteiger partial charge in [-0.15, -0.1) is 0 Å². The summed E-state index contributed by atoms with van der Waals surface area (Å²) in [6.45, 7) is 7.18. The van der Waals surface area contributed by atoms with E-state index in [1.54, 1.807) is 0 Å². The molecule has 0 aromatic carbocycles. The summed E-state index contributed by atoms with van der Waals surface area (Å²) in [5.74, 6) is 0.595. The Kier molecular flexibility index (Phi) is 7.09. The lowest BCUT2D eigenvalue weighted by Gasteiger charge is -2.27. The average molecular weight is 243 g/mol. The highest BCUT2D eigenvalue weighted by Crippen LogP contribution is 2.25. The van der Waals surface area contributed by atoms with Crippen LogP contribution in [0.4, 0.5) is 0 Å². The molecular weight excluding hydrogens is 214 g/mol. The van der Waals surface area contributed by atoms with Gasteiger partial charge in [-0.1, -0.05) is 39.5 Å². The Morgan fingerprint density at radius 3 is 2.18 bits per heavy atom. The van der Waals surface area contributed by atoms with E-state index in [2.05, 4.69) is 13.8 Å². The molecule has 3 heteroatoms. The molecule has 0 heterocycles. The lowest BCUT2D eigenvalue weighted by molar-refractivity contribution is 0.0172. The molecule has 1 aliphatic rings. The molecule has 0 aliphatic heterocycles. The molecule has 0 unspecified atom stereocenters. The van der Waals surface area contributed by atoms with E-state index in [4.69, 9.17) is 15.2 Å². The number of ether oxygens (including phenoxy) is 2. The van der Waals surface area contributed by atoms with Gasteiger partial charge in [-0.25, -0.2) is 0 Å². The van der Waals surface area contributed by atoms with Crippen molar-refractivity contribution < 1.29 is 9.47 Å². The normalized spacial score (nSPS) is 20.5. The van der Waals surface area contributed by atoms with Crippen molar-refractivity contribution in [3.05, 3.63) is 0 Å². The van der Waals surface area contributed by atoms with Gasteiger partial charge in [-0.2, -0.15) is 0 Å². The third-order valence-corrected chi connectivity index (χ3v) is 3.31. The Morgan fingerprint density at radius 1 is 1.00 bits per heavy atom. The van der Waals surface area contributed by atoms with Crippen LogP contribution in [0, 0.1) is 5.92 Å². The summed E-state index contributed by atoms with van der Waals surface area (Å²) < 4.78 is 11.1. The molecule has 0 spiro atoms. The van der Waals surface area contributed by atoms with Crippen LogP contribution in [0.1, 0.15) is 52.4 Å². The van der Waals surface area contributed by atoms with Gasteiger partial charge in [0.15, 0.2) is 0 Å². The van der Waals surface area contributed by atoms with E-state index in [1.807, 2.05) is 0 Å². The van der Waals surface area contributed by atoms with Crippen LogP contribution >= 0.6 is 0 Å². The van der Waals surface area contributed by atoms with Gasteiger partial charge in [0.05, 0.1) is 19.8 Å². The summed E-state index contributed by atoms with van der Waals surface area (Å²) in [6, 6.07) is 0. The molecule has 17 heavy (non-hydrogen) atoms. The summed E-state index contributed by atoms with van der Waals surface area (Å²) in [7, 11) is 0. The fraction of sp³-hybridized carbons (Fsp3) is 1.00. The molecule has 0 amide bonds. The minimum Gasteiger partial charge on any atom is -0.379 e. The zero-order valence-electron chi connectivity index (χ0n) is 11.5. The molecule has 3 nitrogen and oxygen atoms in total. The van der Waals surface area contributed by atoms with Crippen molar-refractivity contribution in [2.24, 2.45) is 11.7 Å². The average Bonchev–Trinajstić information content (AvgIpc) is 2.48. The quantitative estimate of drug-likeness (QED) is 0.552. The Morgan fingerprint density at radius 2 is 1.59 bits per heavy atom. The van der Waals surface area contributed by atoms with Gasteiger partial charge in [0.25, 0.3) is 0 Å². The second-order valence-electron chi connectivity index (χ2n) is 5.80. The van der Waals surface area contributed by atoms with Gasteiger partial charge in [0.2, 0.25) is 0 Å². The Bertz CT molecular complexity index is 187. The Hall–Kier alpha value is -0.120. The lowest BCUT2D eigenvalue weighted by Crippen LogP contribution is -2.44. The van der Waals surface area contributed by atoms with Crippen molar-refractivity contribution >= 4 is 0 Å². The first-order chi connectivity index (χ1) is 8.12. The topological polar surface area (TPSA) is 44.5 Å². The van der Waals surface area contributed by atoms with Crippen LogP contribution in [-0.4, -0.2) is 32.0 Å². The first-order valence-corrected chi connectivity index (χ1v) is 7.07. The molecule has 1 fully saturated rings. The molecule has 0 atom stereocenters. The van der Waals surface area contributed by atoms with Gasteiger partial charge in [-0.3, -0.25) is 0 Å². The molecule has 1 saturated carbocycles. The zero-order chi connectivity index (χ0) is 12.6. The minimum atomic E-state index is -0.0749. The third kappa shape index (κ3) is 7.02. The molecule has 2 N–H and O–H groups in total. The Labute approximate surface area is 106 Å². The fourth-order valence-corrected chi connectivity index (χ4v) is 2.29. The predicted molar refractivity (Wildman–Crippen MR) is 71.1 cm³/mol. The summed E-state index contributed by atoms with van der Waals surface area (Å²) in [5.41, 5.74) is 6.28. The van der Waals surface area contributed by atoms with Crippen molar-refractivity contribution in [1.82, 2.24) is 0 Å². The predicted octanol–water partition coefficient (Wildman–Crippen LogP) is 2.73. The molecule has 0 radical (unpaired) electrons. The molecule has 0 saturated heterocycles. The van der Waals surface area contributed by atoms with Gasteiger partial charge >= 0.3 is 0 Å². The maximum absolute atomic E-state index is 6.36. The van der Waals surface area contributed by atoms with Crippen LogP contribution in [0.15, 0.2) is 0 Å². The molecule has 1 aliphatic carbocycles. The van der Waals surface area contributed by atoms with Crippen LogP contribution in [0.3, 0.4) is 0 Å². The minimum absolute atomic E-state index is 0.0749. The molecule has 0 aromatic heterocycles. The number of nitrogens with two attached hydrogens (primary N) is 1. The SMILES string of the molecule is CC(C)COCCOCC1(N)CCCCCC1. The van der Waals surface area contributed by atoms with Gasteiger partial charge < -0.3 is 15.2 Å². The van der Waals surface area contributed by atoms with Crippen LogP contribution in [0.25, 0.3) is 0 Å². The van der Waals surface area contributed by atoms with E-state index >= 15 is 0 Å². The lowest BCUT2D eigenvalue weighted by atomic mass is 9.93. The van der Waals surface area contributed by atoms with Gasteiger partial charge in [-0.05, 0) is 18.8 Å². The van der Waals surface area contributed by atoms with Crippen LogP contribution < -0.4 is 5.73 Å². The van der Waals surface area contributed by atoms with E-state index < -0.39 is 0 Å². The monoisotopic (exact) mass is 243 g/mol. The van der Waals surface area contributed by atoms with E-state index in [9.17, 15) is 0 Å². The van der Waals surface area contributed by atoms with Crippen molar-refractivity contribution in [2.45, 2.75) is 57.9 Å². The van der Waals surface area contributed by atoms with E-state index in [0.717, 1.165) is 19.4 Å². The van der Waals surface area contributed by atoms with Crippen molar-refractivity contribution in [1.29, 1.82) is 0 Å². The standard InChI is InChI=1S/C14H29NO2/c1-13(2)11-16-9-10-17-12-14(15)7-5-3-4-6-8-14/h13H,3-12,15H2,1-2H3. The number of hydrogen-bond donors (Lipinski definition) is 1. The summed E-state index contributed by atoms with van der Waals surface area (Å²) in [6.07, 6.45) is 7.39. The van der Waals surface area contributed by atoms with Gasteiger partial charge in [0, 0.05) is 12.1 Å². The number of rotatable bonds is 7. The van der Waals surface area contributed by atoms with Crippen LogP contribution in [-0.2, 0) is 9.47 Å². The summed E-state index contributed by atoms with van der Waals surface area (Å²) in [4.78, 5) is 0. The second-order valence-corrected chi connectivity index (χ2v) is 5.80. The van der Waals surface area contributed by atoms with E-state index in [1.165, 1.54) is 25.7 Å². The van der Waals surface area contributed by atoms with Crippen molar-refractivity contribution in [2.75, 3.05) is 26.4 Å². The maximum atomic E-state index is 6.36. The number of hydrogen-bond acceptors (Lipinski definition) is 3. The first kappa shape index (κ1) is 14.9. The van der Waals surface area contributed by atoms with E-state index in [-0.39, 0.29) is 5.54 Å². The highest BCUT2D eigenvalue weighted by atomic mass is 16.5. The maximum Gasteiger partial charge on any atom is 0.0701 e. The smallest absolute Gasteiger partial charge is 0.0701 e. The molecular formula is C14H29NO2. The second kappa shape index (κ2) is 8.06. The summed E-state index contributed by atoms with van der Waals surface area (Å²) in [5, 5.41) is 0. The zero-order valence-corrected chi connectivity index (χ0v) is 11.5.